The van der Waals surface area contributed by atoms with Crippen LogP contribution >= 0.6 is 27.5 Å². The van der Waals surface area contributed by atoms with Gasteiger partial charge in [0.1, 0.15) is 5.82 Å². The summed E-state index contributed by atoms with van der Waals surface area (Å²) < 4.78 is 14.6. The number of aryl methyl sites for hydroxylation is 1. The van der Waals surface area contributed by atoms with E-state index in [9.17, 15) is 9.50 Å². The highest BCUT2D eigenvalue weighted by Gasteiger charge is 2.14. The van der Waals surface area contributed by atoms with Crippen molar-refractivity contribution in [2.45, 2.75) is 19.4 Å². The van der Waals surface area contributed by atoms with Crippen LogP contribution in [0.3, 0.4) is 0 Å². The Morgan fingerprint density at radius 1 is 1.26 bits per heavy atom. The summed E-state index contributed by atoms with van der Waals surface area (Å²) in [7, 11) is 0. The lowest BCUT2D eigenvalue weighted by atomic mass is 9.97. The maximum atomic E-state index is 13.6. The van der Waals surface area contributed by atoms with E-state index in [2.05, 4.69) is 15.9 Å². The van der Waals surface area contributed by atoms with Crippen LogP contribution in [0.1, 0.15) is 22.8 Å². The van der Waals surface area contributed by atoms with Crippen LogP contribution in [0.2, 0.25) is 5.02 Å². The van der Waals surface area contributed by atoms with E-state index in [1.165, 1.54) is 12.1 Å². The van der Waals surface area contributed by atoms with Crippen LogP contribution in [0, 0.1) is 12.7 Å². The number of benzene rings is 2. The molecule has 0 fully saturated rings. The first-order valence-corrected chi connectivity index (χ1v) is 7.02. The molecule has 0 heterocycles. The highest BCUT2D eigenvalue weighted by molar-refractivity contribution is 9.10. The molecule has 0 radical (unpaired) electrons. The zero-order chi connectivity index (χ0) is 14.0. The van der Waals surface area contributed by atoms with Crippen molar-refractivity contribution in [3.8, 4) is 0 Å². The molecular weight excluding hydrogens is 331 g/mol. The average Bonchev–Trinajstić information content (AvgIpc) is 2.33. The Morgan fingerprint density at radius 3 is 2.68 bits per heavy atom. The maximum absolute atomic E-state index is 13.6. The topological polar surface area (TPSA) is 20.2 Å². The Morgan fingerprint density at radius 2 is 2.00 bits per heavy atom. The summed E-state index contributed by atoms with van der Waals surface area (Å²) in [5.74, 6) is -0.349. The van der Waals surface area contributed by atoms with Crippen molar-refractivity contribution < 1.29 is 9.50 Å². The van der Waals surface area contributed by atoms with Gasteiger partial charge in [-0.15, -0.1) is 0 Å². The quantitative estimate of drug-likeness (QED) is 0.846. The number of hydrogen-bond acceptors (Lipinski definition) is 1. The Hall–Kier alpha value is -0.900. The monoisotopic (exact) mass is 342 g/mol. The number of aliphatic hydroxyl groups excluding tert-OH is 1. The van der Waals surface area contributed by atoms with Gasteiger partial charge in [-0.1, -0.05) is 33.6 Å². The van der Waals surface area contributed by atoms with Crippen molar-refractivity contribution >= 4 is 27.5 Å². The lowest BCUT2D eigenvalue weighted by Crippen LogP contribution is -2.05. The van der Waals surface area contributed by atoms with Crippen molar-refractivity contribution in [3.05, 3.63) is 68.4 Å². The number of halogens is 3. The van der Waals surface area contributed by atoms with E-state index >= 15 is 0 Å². The second-order valence-electron chi connectivity index (χ2n) is 4.46. The van der Waals surface area contributed by atoms with E-state index in [0.717, 1.165) is 15.6 Å². The minimum absolute atomic E-state index is 0.203. The molecule has 1 atom stereocenters. The standard InChI is InChI=1S/C15H13BrClFO/c1-9-6-11(16)2-4-13(9)15(19)8-10-7-12(17)3-5-14(10)18/h2-7,15,19H,8H2,1H3. The minimum Gasteiger partial charge on any atom is -0.388 e. The molecule has 0 aliphatic heterocycles. The SMILES string of the molecule is Cc1cc(Br)ccc1C(O)Cc1cc(Cl)ccc1F. The van der Waals surface area contributed by atoms with E-state index < -0.39 is 6.10 Å². The van der Waals surface area contributed by atoms with Gasteiger partial charge >= 0.3 is 0 Å². The van der Waals surface area contributed by atoms with E-state index in [0.29, 0.717) is 10.6 Å². The van der Waals surface area contributed by atoms with Gasteiger partial charge in [-0.2, -0.15) is 0 Å². The Bertz CT molecular complexity index is 601. The van der Waals surface area contributed by atoms with Gasteiger partial charge in [0.25, 0.3) is 0 Å². The Balaban J connectivity index is 2.25. The predicted molar refractivity (Wildman–Crippen MR) is 79.0 cm³/mol. The maximum Gasteiger partial charge on any atom is 0.126 e. The molecule has 19 heavy (non-hydrogen) atoms. The Labute approximate surface area is 125 Å². The first kappa shape index (κ1) is 14.5. The summed E-state index contributed by atoms with van der Waals surface area (Å²) in [5, 5.41) is 10.7. The molecular formula is C15H13BrClFO. The zero-order valence-electron chi connectivity index (χ0n) is 10.3. The molecule has 0 aromatic heterocycles. The van der Waals surface area contributed by atoms with E-state index in [1.807, 2.05) is 25.1 Å². The van der Waals surface area contributed by atoms with Crippen LogP contribution in [0.15, 0.2) is 40.9 Å². The van der Waals surface area contributed by atoms with Gasteiger partial charge in [-0.05, 0) is 53.9 Å². The summed E-state index contributed by atoms with van der Waals surface area (Å²) in [6.07, 6.45) is -0.546. The number of hydrogen-bond donors (Lipinski definition) is 1. The van der Waals surface area contributed by atoms with Gasteiger partial charge < -0.3 is 5.11 Å². The van der Waals surface area contributed by atoms with Gasteiger partial charge in [-0.3, -0.25) is 0 Å². The van der Waals surface area contributed by atoms with Gasteiger partial charge in [0, 0.05) is 15.9 Å². The molecule has 0 aliphatic carbocycles. The largest absolute Gasteiger partial charge is 0.388 e. The molecule has 1 nitrogen and oxygen atoms in total. The van der Waals surface area contributed by atoms with Crippen LogP contribution in [-0.2, 0) is 6.42 Å². The predicted octanol–water partition coefficient (Wildman–Crippen LogP) is 4.83. The van der Waals surface area contributed by atoms with Crippen molar-refractivity contribution in [3.63, 3.8) is 0 Å². The molecule has 0 amide bonds. The molecule has 0 spiro atoms. The molecule has 0 bridgehead atoms. The van der Waals surface area contributed by atoms with Crippen LogP contribution in [0.5, 0.6) is 0 Å². The highest BCUT2D eigenvalue weighted by atomic mass is 79.9. The third-order valence-corrected chi connectivity index (χ3v) is 3.74. The van der Waals surface area contributed by atoms with E-state index in [-0.39, 0.29) is 12.2 Å². The molecule has 1 N–H and O–H groups in total. The molecule has 1 unspecified atom stereocenters. The summed E-state index contributed by atoms with van der Waals surface area (Å²) >= 11 is 9.22. The van der Waals surface area contributed by atoms with Crippen molar-refractivity contribution in [2.75, 3.05) is 0 Å². The molecule has 2 rings (SSSR count). The van der Waals surface area contributed by atoms with Gasteiger partial charge in [0.15, 0.2) is 0 Å². The van der Waals surface area contributed by atoms with E-state index in [1.54, 1.807) is 6.07 Å². The zero-order valence-corrected chi connectivity index (χ0v) is 12.7. The van der Waals surface area contributed by atoms with Crippen LogP contribution in [-0.4, -0.2) is 5.11 Å². The van der Waals surface area contributed by atoms with Crippen molar-refractivity contribution in [1.29, 1.82) is 0 Å². The smallest absolute Gasteiger partial charge is 0.126 e. The fourth-order valence-corrected chi connectivity index (χ4v) is 2.70. The number of rotatable bonds is 3. The average molecular weight is 344 g/mol. The molecule has 2 aromatic rings. The lowest BCUT2D eigenvalue weighted by molar-refractivity contribution is 0.176. The van der Waals surface area contributed by atoms with E-state index in [4.69, 9.17) is 11.6 Å². The van der Waals surface area contributed by atoms with Gasteiger partial charge in [-0.25, -0.2) is 4.39 Å². The summed E-state index contributed by atoms with van der Waals surface area (Å²) in [5.41, 5.74) is 2.18. The summed E-state index contributed by atoms with van der Waals surface area (Å²) in [4.78, 5) is 0. The van der Waals surface area contributed by atoms with Gasteiger partial charge in [0.2, 0.25) is 0 Å². The Kier molecular flexibility index (Phi) is 4.61. The summed E-state index contributed by atoms with van der Waals surface area (Å²) in [6.45, 7) is 1.91. The molecule has 0 aliphatic rings. The van der Waals surface area contributed by atoms with Crippen molar-refractivity contribution in [1.82, 2.24) is 0 Å². The van der Waals surface area contributed by atoms with Crippen molar-refractivity contribution in [2.24, 2.45) is 0 Å². The van der Waals surface area contributed by atoms with Gasteiger partial charge in [0.05, 0.1) is 6.10 Å². The first-order chi connectivity index (χ1) is 8.97. The molecule has 100 valence electrons. The number of aliphatic hydroxyl groups is 1. The third-order valence-electron chi connectivity index (χ3n) is 3.01. The second kappa shape index (κ2) is 6.04. The molecule has 0 saturated heterocycles. The lowest BCUT2D eigenvalue weighted by Gasteiger charge is -2.15. The van der Waals surface area contributed by atoms with Crippen LogP contribution in [0.25, 0.3) is 0 Å². The fraction of sp³-hybridized carbons (Fsp3) is 0.200. The molecule has 0 saturated carbocycles. The van der Waals surface area contributed by atoms with Crippen LogP contribution < -0.4 is 0 Å². The highest BCUT2D eigenvalue weighted by Crippen LogP contribution is 2.26. The second-order valence-corrected chi connectivity index (χ2v) is 5.81. The fourth-order valence-electron chi connectivity index (χ4n) is 2.03. The third kappa shape index (κ3) is 3.56. The summed E-state index contributed by atoms with van der Waals surface area (Å²) in [6, 6.07) is 9.99. The first-order valence-electron chi connectivity index (χ1n) is 5.85. The minimum atomic E-state index is -0.749. The van der Waals surface area contributed by atoms with Crippen LogP contribution in [0.4, 0.5) is 4.39 Å². The molecule has 2 aromatic carbocycles. The molecule has 4 heteroatoms. The normalized spacial score (nSPS) is 12.5.